The van der Waals surface area contributed by atoms with E-state index < -0.39 is 0 Å². The highest BCUT2D eigenvalue weighted by Crippen LogP contribution is 2.15. The zero-order chi connectivity index (χ0) is 15.2. The number of carbonyl (C=O) groups is 1. The second-order valence-electron chi connectivity index (χ2n) is 4.42. The fourth-order valence-electron chi connectivity index (χ4n) is 1.96. The van der Waals surface area contributed by atoms with E-state index >= 15 is 0 Å². The van der Waals surface area contributed by atoms with E-state index in [1.807, 2.05) is 25.1 Å². The van der Waals surface area contributed by atoms with Gasteiger partial charge < -0.3 is 10.6 Å². The van der Waals surface area contributed by atoms with E-state index in [4.69, 9.17) is 11.0 Å². The summed E-state index contributed by atoms with van der Waals surface area (Å²) < 4.78 is 0. The molecule has 2 rings (SSSR count). The van der Waals surface area contributed by atoms with Gasteiger partial charge in [0.05, 0.1) is 11.6 Å². The molecule has 0 spiro atoms. The monoisotopic (exact) mass is 300 g/mol. The van der Waals surface area contributed by atoms with Gasteiger partial charge in [-0.15, -0.1) is 11.3 Å². The molecule has 0 aliphatic carbocycles. The minimum absolute atomic E-state index is 0.138. The van der Waals surface area contributed by atoms with Crippen LogP contribution in [0.25, 0.3) is 0 Å². The van der Waals surface area contributed by atoms with Crippen molar-refractivity contribution in [2.24, 2.45) is 5.73 Å². The molecule has 2 aromatic rings. The normalized spacial score (nSPS) is 10.1. The largest absolute Gasteiger partial charge is 0.333 e. The van der Waals surface area contributed by atoms with Gasteiger partial charge in [-0.05, 0) is 18.6 Å². The summed E-state index contributed by atoms with van der Waals surface area (Å²) >= 11 is 1.38. The number of thiazole rings is 1. The molecule has 0 radical (unpaired) electrons. The highest BCUT2D eigenvalue weighted by molar-refractivity contribution is 7.09. The number of benzene rings is 1. The van der Waals surface area contributed by atoms with E-state index in [0.717, 1.165) is 10.6 Å². The highest BCUT2D eigenvalue weighted by Gasteiger charge is 2.18. The van der Waals surface area contributed by atoms with E-state index in [1.54, 1.807) is 16.3 Å². The summed E-state index contributed by atoms with van der Waals surface area (Å²) in [6.45, 7) is 3.19. The SMILES string of the molecule is CCN(Cc1ccccc1C#N)C(=O)c1csc(CN)n1. The summed E-state index contributed by atoms with van der Waals surface area (Å²) in [7, 11) is 0. The van der Waals surface area contributed by atoms with Crippen LogP contribution >= 0.6 is 11.3 Å². The molecule has 0 unspecified atom stereocenters. The third-order valence-corrected chi connectivity index (χ3v) is 3.98. The number of carbonyl (C=O) groups excluding carboxylic acids is 1. The molecule has 2 N–H and O–H groups in total. The van der Waals surface area contributed by atoms with E-state index in [9.17, 15) is 4.79 Å². The molecule has 108 valence electrons. The van der Waals surface area contributed by atoms with Crippen molar-refractivity contribution in [3.63, 3.8) is 0 Å². The molecule has 1 amide bonds. The Bertz CT molecular complexity index is 674. The lowest BCUT2D eigenvalue weighted by atomic mass is 10.1. The molecule has 0 atom stereocenters. The molecule has 1 aromatic heterocycles. The van der Waals surface area contributed by atoms with Crippen molar-refractivity contribution >= 4 is 17.2 Å². The van der Waals surface area contributed by atoms with Crippen LogP contribution in [0.4, 0.5) is 0 Å². The number of aromatic nitrogens is 1. The van der Waals surface area contributed by atoms with Crippen LogP contribution in [0.5, 0.6) is 0 Å². The van der Waals surface area contributed by atoms with E-state index in [2.05, 4.69) is 11.1 Å². The lowest BCUT2D eigenvalue weighted by Gasteiger charge is -2.20. The lowest BCUT2D eigenvalue weighted by molar-refractivity contribution is 0.0747. The third-order valence-electron chi connectivity index (χ3n) is 3.11. The number of nitrogens with two attached hydrogens (primary N) is 1. The average molecular weight is 300 g/mol. The average Bonchev–Trinajstić information content (AvgIpc) is 3.01. The van der Waals surface area contributed by atoms with E-state index in [0.29, 0.717) is 30.9 Å². The van der Waals surface area contributed by atoms with Crippen molar-refractivity contribution < 1.29 is 4.79 Å². The Morgan fingerprint density at radius 3 is 2.86 bits per heavy atom. The number of hydrogen-bond donors (Lipinski definition) is 1. The maximum Gasteiger partial charge on any atom is 0.273 e. The molecule has 0 fully saturated rings. The number of hydrogen-bond acceptors (Lipinski definition) is 5. The zero-order valence-corrected chi connectivity index (χ0v) is 12.6. The molecule has 0 saturated carbocycles. The summed E-state index contributed by atoms with van der Waals surface area (Å²) in [6, 6.07) is 9.44. The molecule has 1 aromatic carbocycles. The van der Waals surface area contributed by atoms with Gasteiger partial charge in [0.1, 0.15) is 10.7 Å². The molecule has 5 nitrogen and oxygen atoms in total. The van der Waals surface area contributed by atoms with Crippen LogP contribution in [-0.2, 0) is 13.1 Å². The first-order valence-corrected chi connectivity index (χ1v) is 7.49. The number of amides is 1. The number of nitrogens with zero attached hydrogens (tertiary/aromatic N) is 3. The van der Waals surface area contributed by atoms with Crippen LogP contribution in [0.3, 0.4) is 0 Å². The molecule has 1 heterocycles. The minimum atomic E-state index is -0.138. The Labute approximate surface area is 127 Å². The fourth-order valence-corrected chi connectivity index (χ4v) is 2.61. The van der Waals surface area contributed by atoms with Gasteiger partial charge in [0.15, 0.2) is 0 Å². The number of nitriles is 1. The molecule has 0 bridgehead atoms. The molecule has 0 saturated heterocycles. The fraction of sp³-hybridized carbons (Fsp3) is 0.267. The maximum absolute atomic E-state index is 12.5. The molecule has 0 aliphatic heterocycles. The van der Waals surface area contributed by atoms with Crippen LogP contribution < -0.4 is 5.73 Å². The van der Waals surface area contributed by atoms with Crippen LogP contribution in [-0.4, -0.2) is 22.3 Å². The molecule has 0 aliphatic rings. The molecular formula is C15H16N4OS. The van der Waals surface area contributed by atoms with Crippen LogP contribution in [0, 0.1) is 11.3 Å². The Hall–Kier alpha value is -2.23. The first kappa shape index (κ1) is 15.2. The summed E-state index contributed by atoms with van der Waals surface area (Å²) in [4.78, 5) is 18.3. The quantitative estimate of drug-likeness (QED) is 0.917. The van der Waals surface area contributed by atoms with Crippen molar-refractivity contribution in [3.8, 4) is 6.07 Å². The first-order chi connectivity index (χ1) is 10.2. The smallest absolute Gasteiger partial charge is 0.273 e. The second-order valence-corrected chi connectivity index (χ2v) is 5.36. The number of rotatable bonds is 5. The maximum atomic E-state index is 12.5. The Balaban J connectivity index is 2.20. The van der Waals surface area contributed by atoms with Gasteiger partial charge in [0.25, 0.3) is 5.91 Å². The predicted molar refractivity (Wildman–Crippen MR) is 81.6 cm³/mol. The summed E-state index contributed by atoms with van der Waals surface area (Å²) in [5.41, 5.74) is 7.36. The van der Waals surface area contributed by atoms with Gasteiger partial charge >= 0.3 is 0 Å². The van der Waals surface area contributed by atoms with Crippen molar-refractivity contribution in [1.29, 1.82) is 5.26 Å². The van der Waals surface area contributed by atoms with Gasteiger partial charge in [-0.25, -0.2) is 4.98 Å². The standard InChI is InChI=1S/C15H16N4OS/c1-2-19(9-12-6-4-3-5-11(12)7-16)15(20)13-10-21-14(8-17)18-13/h3-6,10H,2,8-9,17H2,1H3. The van der Waals surface area contributed by atoms with Gasteiger partial charge in [-0.1, -0.05) is 18.2 Å². The van der Waals surface area contributed by atoms with Crippen molar-refractivity contribution in [1.82, 2.24) is 9.88 Å². The predicted octanol–water partition coefficient (Wildman–Crippen LogP) is 2.14. The van der Waals surface area contributed by atoms with Crippen molar-refractivity contribution in [2.75, 3.05) is 6.54 Å². The topological polar surface area (TPSA) is 83.0 Å². The highest BCUT2D eigenvalue weighted by atomic mass is 32.1. The molecular weight excluding hydrogens is 284 g/mol. The zero-order valence-electron chi connectivity index (χ0n) is 11.7. The third kappa shape index (κ3) is 3.45. The Morgan fingerprint density at radius 1 is 1.48 bits per heavy atom. The second kappa shape index (κ2) is 6.97. The van der Waals surface area contributed by atoms with Crippen LogP contribution in [0.15, 0.2) is 29.6 Å². The Morgan fingerprint density at radius 2 is 2.24 bits per heavy atom. The summed E-state index contributed by atoms with van der Waals surface area (Å²) in [6.07, 6.45) is 0. The van der Waals surface area contributed by atoms with Gasteiger partial charge in [-0.2, -0.15) is 5.26 Å². The lowest BCUT2D eigenvalue weighted by Crippen LogP contribution is -2.30. The van der Waals surface area contributed by atoms with Gasteiger partial charge in [0.2, 0.25) is 0 Å². The van der Waals surface area contributed by atoms with Crippen LogP contribution in [0.1, 0.15) is 33.5 Å². The van der Waals surface area contributed by atoms with Crippen molar-refractivity contribution in [2.45, 2.75) is 20.0 Å². The Kier molecular flexibility index (Phi) is 5.04. The van der Waals surface area contributed by atoms with Gasteiger partial charge in [0, 0.05) is 25.0 Å². The van der Waals surface area contributed by atoms with Crippen LogP contribution in [0.2, 0.25) is 0 Å². The van der Waals surface area contributed by atoms with E-state index in [1.165, 1.54) is 11.3 Å². The van der Waals surface area contributed by atoms with Gasteiger partial charge in [-0.3, -0.25) is 4.79 Å². The summed E-state index contributed by atoms with van der Waals surface area (Å²) in [5.74, 6) is -0.138. The van der Waals surface area contributed by atoms with Crippen molar-refractivity contribution in [3.05, 3.63) is 51.5 Å². The minimum Gasteiger partial charge on any atom is -0.333 e. The van der Waals surface area contributed by atoms with E-state index in [-0.39, 0.29) is 5.91 Å². The summed E-state index contributed by atoms with van der Waals surface area (Å²) in [5, 5.41) is 11.6. The molecule has 6 heteroatoms. The first-order valence-electron chi connectivity index (χ1n) is 6.61. The molecule has 21 heavy (non-hydrogen) atoms.